The quantitative estimate of drug-likeness (QED) is 0.254. The predicted molar refractivity (Wildman–Crippen MR) is 136 cm³/mol. The van der Waals surface area contributed by atoms with Gasteiger partial charge in [-0.2, -0.15) is 0 Å². The molecule has 1 aliphatic carbocycles. The van der Waals surface area contributed by atoms with E-state index in [4.69, 9.17) is 4.43 Å². The minimum Gasteiger partial charge on any atom is -0.414 e. The Morgan fingerprint density at radius 1 is 1.16 bits per heavy atom. The Labute approximate surface area is 193 Å². The highest BCUT2D eigenvalue weighted by atomic mass is 28.4. The largest absolute Gasteiger partial charge is 0.414 e. The summed E-state index contributed by atoms with van der Waals surface area (Å²) in [5.74, 6) is 1.64. The predicted octanol–water partition coefficient (Wildman–Crippen LogP) is 8.13. The summed E-state index contributed by atoms with van der Waals surface area (Å²) in [5.41, 5.74) is 2.60. The van der Waals surface area contributed by atoms with Crippen LogP contribution in [-0.2, 0) is 15.6 Å². The van der Waals surface area contributed by atoms with Gasteiger partial charge in [-0.3, -0.25) is 4.79 Å². The molecule has 0 heterocycles. The maximum Gasteiger partial charge on any atom is 0.192 e. The number of hydrogen-bond donors (Lipinski definition) is 0. The lowest BCUT2D eigenvalue weighted by Gasteiger charge is -2.40. The van der Waals surface area contributed by atoms with Crippen LogP contribution in [0.5, 0.6) is 0 Å². The van der Waals surface area contributed by atoms with E-state index in [9.17, 15) is 4.79 Å². The molecule has 0 N–H and O–H groups in total. The van der Waals surface area contributed by atoms with Crippen LogP contribution in [0.15, 0.2) is 24.3 Å². The van der Waals surface area contributed by atoms with Crippen LogP contribution in [0.4, 0.5) is 0 Å². The van der Waals surface area contributed by atoms with Gasteiger partial charge in [-0.1, -0.05) is 83.7 Å². The van der Waals surface area contributed by atoms with Crippen molar-refractivity contribution in [1.82, 2.24) is 0 Å². The van der Waals surface area contributed by atoms with Crippen molar-refractivity contribution in [3.63, 3.8) is 0 Å². The maximum atomic E-state index is 12.9. The van der Waals surface area contributed by atoms with Crippen molar-refractivity contribution in [1.29, 1.82) is 0 Å². The van der Waals surface area contributed by atoms with Gasteiger partial charge in [0.15, 0.2) is 8.32 Å². The molecule has 1 fully saturated rings. The number of benzene rings is 1. The van der Waals surface area contributed by atoms with E-state index < -0.39 is 8.32 Å². The molecule has 2 rings (SSSR count). The molecule has 0 saturated heterocycles. The second-order valence-corrected chi connectivity index (χ2v) is 16.4. The molecule has 176 valence electrons. The molecule has 0 aliphatic heterocycles. The average molecular weight is 445 g/mol. The Hall–Kier alpha value is -0.933. The minimum absolute atomic E-state index is 0.181. The smallest absolute Gasteiger partial charge is 0.192 e. The molecule has 0 unspecified atom stereocenters. The molecule has 0 bridgehead atoms. The Bertz CT molecular complexity index is 703. The van der Waals surface area contributed by atoms with Crippen molar-refractivity contribution in [3.8, 4) is 0 Å². The first-order chi connectivity index (χ1) is 14.4. The van der Waals surface area contributed by atoms with Crippen LogP contribution in [0, 0.1) is 24.7 Å². The number of ketones is 1. The van der Waals surface area contributed by atoms with E-state index >= 15 is 0 Å². The lowest BCUT2D eigenvalue weighted by atomic mass is 9.81. The molecule has 2 nitrogen and oxygen atoms in total. The summed E-state index contributed by atoms with van der Waals surface area (Å²) in [6, 6.07) is 8.70. The van der Waals surface area contributed by atoms with Gasteiger partial charge in [0, 0.05) is 18.4 Å². The van der Waals surface area contributed by atoms with E-state index in [-0.39, 0.29) is 11.0 Å². The number of carbonyl (C=O) groups is 1. The lowest BCUT2D eigenvalue weighted by Crippen LogP contribution is -2.44. The van der Waals surface area contributed by atoms with Gasteiger partial charge in [-0.25, -0.2) is 0 Å². The lowest BCUT2D eigenvalue weighted by molar-refractivity contribution is -0.121. The monoisotopic (exact) mass is 444 g/mol. The molecule has 0 radical (unpaired) electrons. The first-order valence-corrected chi connectivity index (χ1v) is 15.6. The normalized spacial score (nSPS) is 23.4. The van der Waals surface area contributed by atoms with Gasteiger partial charge in [0.1, 0.15) is 5.78 Å². The van der Waals surface area contributed by atoms with Gasteiger partial charge < -0.3 is 4.43 Å². The van der Waals surface area contributed by atoms with Gasteiger partial charge >= 0.3 is 0 Å². The zero-order chi connectivity index (χ0) is 23.2. The zero-order valence-corrected chi connectivity index (χ0v) is 22.6. The van der Waals surface area contributed by atoms with Crippen LogP contribution in [0.3, 0.4) is 0 Å². The third-order valence-corrected chi connectivity index (χ3v) is 12.5. The molecule has 1 aromatic rings. The number of rotatable bonds is 11. The van der Waals surface area contributed by atoms with E-state index in [1.165, 1.54) is 30.4 Å². The molecular weight excluding hydrogens is 396 g/mol. The van der Waals surface area contributed by atoms with Gasteiger partial charge in [0.25, 0.3) is 0 Å². The fraction of sp³-hybridized carbons (Fsp3) is 0.750. The molecule has 1 aliphatic rings. The van der Waals surface area contributed by atoms with E-state index in [0.29, 0.717) is 23.7 Å². The molecule has 1 aromatic carbocycles. The second kappa shape index (κ2) is 11.3. The Balaban J connectivity index is 2.08. The zero-order valence-electron chi connectivity index (χ0n) is 21.6. The standard InChI is InChI=1S/C28H48O2Si/c1-9-10-11-15-24(30-31(7,8)28(4,5)6)16-17-25-22(3)19-27(29)26(25)20-23-14-12-13-21(2)18-23/h12-14,18,22,24-26H,9-11,15-17,19-20H2,1-8H3/t22-,24+,25+,26-/m1/s1. The maximum absolute atomic E-state index is 12.9. The minimum atomic E-state index is -1.79. The number of hydrogen-bond acceptors (Lipinski definition) is 2. The molecular formula is C28H48O2Si. The van der Waals surface area contributed by atoms with Crippen molar-refractivity contribution in [2.24, 2.45) is 17.8 Å². The average Bonchev–Trinajstić information content (AvgIpc) is 2.91. The van der Waals surface area contributed by atoms with Crippen molar-refractivity contribution in [2.45, 2.75) is 117 Å². The Morgan fingerprint density at radius 2 is 1.87 bits per heavy atom. The van der Waals surface area contributed by atoms with Crippen LogP contribution < -0.4 is 0 Å². The van der Waals surface area contributed by atoms with Crippen LogP contribution in [0.1, 0.15) is 90.7 Å². The van der Waals surface area contributed by atoms with E-state index in [1.807, 2.05) is 0 Å². The summed E-state index contributed by atoms with van der Waals surface area (Å²) in [5, 5.41) is 0.236. The summed E-state index contributed by atoms with van der Waals surface area (Å²) < 4.78 is 6.89. The number of aryl methyl sites for hydroxylation is 1. The van der Waals surface area contributed by atoms with E-state index in [1.54, 1.807) is 0 Å². The van der Waals surface area contributed by atoms with Gasteiger partial charge in [-0.15, -0.1) is 0 Å². The SMILES string of the molecule is CCCCC[C@@H](CC[C@H]1[C@H](C)CC(=O)[C@@H]1Cc1cccc(C)c1)O[Si](C)(C)C(C)(C)C. The summed E-state index contributed by atoms with van der Waals surface area (Å²) in [6.45, 7) is 18.4. The van der Waals surface area contributed by atoms with Crippen LogP contribution in [0.2, 0.25) is 18.1 Å². The Morgan fingerprint density at radius 3 is 2.48 bits per heavy atom. The highest BCUT2D eigenvalue weighted by Crippen LogP contribution is 2.42. The first kappa shape index (κ1) is 26.3. The van der Waals surface area contributed by atoms with Crippen molar-refractivity contribution >= 4 is 14.1 Å². The summed E-state index contributed by atoms with van der Waals surface area (Å²) in [6.07, 6.45) is 9.17. The highest BCUT2D eigenvalue weighted by molar-refractivity contribution is 6.74. The molecule has 3 heteroatoms. The summed E-state index contributed by atoms with van der Waals surface area (Å²) >= 11 is 0. The van der Waals surface area contributed by atoms with Gasteiger partial charge in [0.2, 0.25) is 0 Å². The molecule has 4 atom stereocenters. The molecule has 0 amide bonds. The number of carbonyl (C=O) groups excluding carboxylic acids is 1. The van der Waals surface area contributed by atoms with Crippen LogP contribution in [-0.4, -0.2) is 20.2 Å². The fourth-order valence-electron chi connectivity index (χ4n) is 4.96. The van der Waals surface area contributed by atoms with E-state index in [2.05, 4.69) is 78.9 Å². The van der Waals surface area contributed by atoms with Gasteiger partial charge in [0.05, 0.1) is 0 Å². The number of unbranched alkanes of at least 4 members (excludes halogenated alkanes) is 2. The Kier molecular flexibility index (Phi) is 9.57. The fourth-order valence-corrected chi connectivity index (χ4v) is 6.38. The molecule has 31 heavy (non-hydrogen) atoms. The third kappa shape index (κ3) is 7.56. The molecule has 0 spiro atoms. The summed E-state index contributed by atoms with van der Waals surface area (Å²) in [7, 11) is -1.79. The second-order valence-electron chi connectivity index (χ2n) is 11.7. The van der Waals surface area contributed by atoms with Crippen molar-refractivity contribution < 1.29 is 9.22 Å². The third-order valence-electron chi connectivity index (χ3n) is 7.94. The molecule has 0 aromatic heterocycles. The number of Topliss-reactive ketones (excluding diaryl/α,β-unsaturated/α-hetero) is 1. The van der Waals surface area contributed by atoms with E-state index in [0.717, 1.165) is 32.1 Å². The van der Waals surface area contributed by atoms with Gasteiger partial charge in [-0.05, 0) is 68.1 Å². The highest BCUT2D eigenvalue weighted by Gasteiger charge is 2.41. The topological polar surface area (TPSA) is 26.3 Å². The van der Waals surface area contributed by atoms with Crippen LogP contribution >= 0.6 is 0 Å². The van der Waals surface area contributed by atoms with Crippen molar-refractivity contribution in [3.05, 3.63) is 35.4 Å². The van der Waals surface area contributed by atoms with Crippen molar-refractivity contribution in [2.75, 3.05) is 0 Å². The summed E-state index contributed by atoms with van der Waals surface area (Å²) in [4.78, 5) is 12.9. The van der Waals surface area contributed by atoms with Crippen LogP contribution in [0.25, 0.3) is 0 Å². The first-order valence-electron chi connectivity index (χ1n) is 12.7. The molecule has 1 saturated carbocycles.